The monoisotopic (exact) mass is 1480 g/mol. The molecule has 592 valence electrons. The Morgan fingerprint density at radius 3 is 1.89 bits per heavy atom. The van der Waals surface area contributed by atoms with Gasteiger partial charge in [0.25, 0.3) is 0 Å². The van der Waals surface area contributed by atoms with Crippen LogP contribution in [0.1, 0.15) is 204 Å². The highest BCUT2D eigenvalue weighted by Gasteiger charge is 2.61. The minimum Gasteiger partial charge on any atom is -0.381 e. The first-order valence-corrected chi connectivity index (χ1v) is 38.5. The lowest BCUT2D eigenvalue weighted by Crippen LogP contribution is -2.71. The number of halogens is 3. The molecule has 0 radical (unpaired) electrons. The van der Waals surface area contributed by atoms with Crippen molar-refractivity contribution in [3.63, 3.8) is 0 Å². The number of amides is 12. The Morgan fingerprint density at radius 2 is 1.31 bits per heavy atom. The van der Waals surface area contributed by atoms with Crippen molar-refractivity contribution in [2.24, 2.45) is 45.8 Å². The topological polar surface area (TPSA) is 279 Å². The molecule has 3 N–H and O–H groups in total. The van der Waals surface area contributed by atoms with Crippen LogP contribution in [-0.4, -0.2) is 271 Å². The van der Waals surface area contributed by atoms with Crippen LogP contribution in [0.4, 0.5) is 13.2 Å². The Kier molecular flexibility index (Phi) is 28.5. The van der Waals surface area contributed by atoms with E-state index in [9.17, 15) is 41.9 Å². The van der Waals surface area contributed by atoms with Crippen molar-refractivity contribution in [3.05, 3.63) is 12.2 Å². The van der Waals surface area contributed by atoms with E-state index in [1.54, 1.807) is 13.0 Å². The van der Waals surface area contributed by atoms with Gasteiger partial charge in [0.2, 0.25) is 70.9 Å². The maximum atomic E-state index is 15.7. The summed E-state index contributed by atoms with van der Waals surface area (Å²) in [6, 6.07) is -9.96. The second-order valence-electron chi connectivity index (χ2n) is 34.7. The smallest absolute Gasteiger partial charge is 0.381 e. The van der Waals surface area contributed by atoms with Crippen LogP contribution in [0, 0.1) is 45.8 Å². The van der Waals surface area contributed by atoms with Gasteiger partial charge in [0.1, 0.15) is 53.9 Å². The zero-order valence-electron chi connectivity index (χ0n) is 66.1. The molecule has 2 saturated heterocycles. The number of carbonyl (C=O) groups excluding carboxylic acids is 12. The van der Waals surface area contributed by atoms with Gasteiger partial charge in [-0.15, -0.1) is 0 Å². The van der Waals surface area contributed by atoms with Crippen LogP contribution in [0.25, 0.3) is 0 Å². The van der Waals surface area contributed by atoms with Gasteiger partial charge in [-0.05, 0) is 136 Å². The third kappa shape index (κ3) is 20.9. The van der Waals surface area contributed by atoms with Crippen LogP contribution in [0.5, 0.6) is 0 Å². The van der Waals surface area contributed by atoms with Crippen LogP contribution in [0.2, 0.25) is 0 Å². The van der Waals surface area contributed by atoms with Crippen molar-refractivity contribution in [1.82, 2.24) is 60.0 Å². The summed E-state index contributed by atoms with van der Waals surface area (Å²) in [5, 5.41) is 8.94. The average molecular weight is 1480 g/mol. The van der Waals surface area contributed by atoms with E-state index in [1.165, 1.54) is 103 Å². The fraction of sp³-hybridized carbons (Fsp3) is 0.818. The fourth-order valence-electron chi connectivity index (χ4n) is 17.4. The Hall–Kier alpha value is -6.87. The van der Waals surface area contributed by atoms with Gasteiger partial charge in [-0.3, -0.25) is 57.5 Å². The molecule has 7 rings (SSSR count). The molecule has 7 aliphatic rings. The molecule has 28 heteroatoms. The van der Waals surface area contributed by atoms with E-state index in [0.29, 0.717) is 38.0 Å². The highest BCUT2D eigenvalue weighted by Crippen LogP contribution is 2.56. The lowest BCUT2D eigenvalue weighted by molar-refractivity contribution is -0.215. The van der Waals surface area contributed by atoms with Gasteiger partial charge < -0.3 is 64.8 Å². The largest absolute Gasteiger partial charge is 0.394 e. The molecular formula is C77H125F3N12O13. The molecule has 12 atom stereocenters. The molecule has 2 bridgehead atoms. The number of ether oxygens (including phenoxy) is 1. The number of nitrogens with zero attached hydrogens (tertiary/aromatic N) is 9. The normalized spacial score (nSPS) is 31.6. The maximum Gasteiger partial charge on any atom is 0.394 e. The predicted molar refractivity (Wildman–Crippen MR) is 389 cm³/mol. The highest BCUT2D eigenvalue weighted by atomic mass is 19.4. The molecule has 4 saturated carbocycles. The molecule has 4 aliphatic carbocycles. The molecule has 3 heterocycles. The van der Waals surface area contributed by atoms with E-state index in [1.807, 2.05) is 54.5 Å². The first kappa shape index (κ1) is 85.4. The lowest BCUT2D eigenvalue weighted by Gasteiger charge is -2.54. The Morgan fingerprint density at radius 1 is 0.686 bits per heavy atom. The van der Waals surface area contributed by atoms with E-state index in [-0.39, 0.29) is 102 Å². The third-order valence-electron chi connectivity index (χ3n) is 24.1. The molecule has 0 aromatic carbocycles. The number of alkyl halides is 3. The van der Waals surface area contributed by atoms with Crippen molar-refractivity contribution in [2.45, 2.75) is 270 Å². The molecule has 12 amide bonds. The summed E-state index contributed by atoms with van der Waals surface area (Å²) in [6.45, 7) is 16.2. The van der Waals surface area contributed by atoms with Crippen molar-refractivity contribution < 1.29 is 75.4 Å². The summed E-state index contributed by atoms with van der Waals surface area (Å²) in [5.41, 5.74) is -3.26. The Labute approximate surface area is 621 Å². The second kappa shape index (κ2) is 35.0. The van der Waals surface area contributed by atoms with Crippen molar-refractivity contribution in [2.75, 3.05) is 89.7 Å². The van der Waals surface area contributed by atoms with Crippen LogP contribution in [-0.2, 0) is 62.3 Å². The number of hydrogen-bond donors (Lipinski definition) is 3. The zero-order valence-corrected chi connectivity index (χ0v) is 66.1. The maximum absolute atomic E-state index is 15.7. The molecular weight excluding hydrogens is 1360 g/mol. The average Bonchev–Trinajstić information content (AvgIpc) is 1.72. The number of nitrogens with one attached hydrogen (secondary N) is 3. The zero-order chi connectivity index (χ0) is 78.3. The van der Waals surface area contributed by atoms with E-state index >= 15 is 28.8 Å². The fourth-order valence-corrected chi connectivity index (χ4v) is 17.4. The van der Waals surface area contributed by atoms with Gasteiger partial charge in [0.15, 0.2) is 0 Å². The Balaban J connectivity index is 1.32. The van der Waals surface area contributed by atoms with E-state index in [2.05, 4.69) is 22.9 Å². The summed E-state index contributed by atoms with van der Waals surface area (Å²) in [4.78, 5) is 193. The standard InChI is InChI=1S/C77H125F3N12O13/c1-19-24-53-64(96)82-63(48(4)20-2)71(103)86(13)43-62(95)88(15)54-25-22-21-23-36-91(70(54)102)56(37-49-28-26-47(3)27-29-49)68(100)85(12)42-60(93)81-52(33-31-50-30-32-51(77(78,79)80)59(38-50)105-18)66(98)92-46-75(34-35-75)41-57(92)65(97)83-76(44-74(8,9)45-76)72(104)90(17)58(40-73(5,6)7)69(101)89(16)55(67(99)84(10)11)39-61(94)87(53)14/h21-22,47-59,63H,19-20,23-46H2,1-18H3,(H,81,93)(H,82,96)(H,83,97)/b22-21-/t47?,48-,49?,50?,51?,52-,53-,54-,55-,56-,57-,58-,59?,63-/m0/s1. The predicted octanol–water partition coefficient (Wildman–Crippen LogP) is 6.55. The molecule has 0 aromatic rings. The third-order valence-corrected chi connectivity index (χ3v) is 24.1. The number of methoxy groups -OCH3 is 1. The van der Waals surface area contributed by atoms with Crippen molar-refractivity contribution in [3.8, 4) is 0 Å². The summed E-state index contributed by atoms with van der Waals surface area (Å²) in [5.74, 6) is -9.79. The SMILES string of the molecule is CCC[C@H]1C(=O)N[C@@H]([C@@H](C)CC)C(=O)N(C)CC(=O)N(C)[C@H]2C/C=C\CCN(C2=O)[C@@H](CC2CCC(C)CC2)C(=O)N(C)CC(=O)N[C@@H](CCC2CCC(C(F)(F)F)C(OC)C2)C(=O)N2CC3(CC3)C[C@H]2C(=O)NC2(CC(C)(C)C2)C(=O)N(C)[C@@H](CC(C)(C)C)C(=O)N(C)[C@H](C(=O)N(C)C)CC(=O)N1C. The molecule has 0 aromatic heterocycles. The van der Waals surface area contributed by atoms with Gasteiger partial charge in [-0.25, -0.2) is 0 Å². The van der Waals surface area contributed by atoms with Crippen molar-refractivity contribution >= 4 is 70.9 Å². The molecule has 25 nitrogen and oxygen atoms in total. The number of fused-ring (bicyclic) bond motifs is 3. The number of hydrogen-bond acceptors (Lipinski definition) is 13. The molecule has 3 aliphatic heterocycles. The molecule has 3 unspecified atom stereocenters. The quantitative estimate of drug-likeness (QED) is 0.175. The molecule has 105 heavy (non-hydrogen) atoms. The summed E-state index contributed by atoms with van der Waals surface area (Å²) in [7, 11) is 12.8. The van der Waals surface area contributed by atoms with Gasteiger partial charge >= 0.3 is 6.18 Å². The minimum absolute atomic E-state index is 0.00485. The molecule has 2 spiro atoms. The summed E-state index contributed by atoms with van der Waals surface area (Å²) in [6.07, 6.45) is 4.26. The van der Waals surface area contributed by atoms with Gasteiger partial charge in [0, 0.05) is 76.6 Å². The minimum atomic E-state index is -4.51. The Bertz CT molecular complexity index is 3190. The van der Waals surface area contributed by atoms with Gasteiger partial charge in [-0.1, -0.05) is 113 Å². The van der Waals surface area contributed by atoms with Gasteiger partial charge in [0.05, 0.1) is 31.5 Å². The number of rotatable bonds is 12. The lowest BCUT2D eigenvalue weighted by atomic mass is 9.58. The summed E-state index contributed by atoms with van der Waals surface area (Å²) >= 11 is 0. The van der Waals surface area contributed by atoms with Crippen LogP contribution in [0.3, 0.4) is 0 Å². The first-order valence-electron chi connectivity index (χ1n) is 38.5. The van der Waals surface area contributed by atoms with Gasteiger partial charge in [-0.2, -0.15) is 13.2 Å². The van der Waals surface area contributed by atoms with E-state index < -0.39 is 185 Å². The van der Waals surface area contributed by atoms with E-state index in [0.717, 1.165) is 30.6 Å². The first-order chi connectivity index (χ1) is 48.9. The number of likely N-dealkylation sites (N-methyl/N-ethyl adjacent to an activating group) is 7. The van der Waals surface area contributed by atoms with Crippen molar-refractivity contribution in [1.29, 1.82) is 0 Å². The highest BCUT2D eigenvalue weighted by molar-refractivity contribution is 6.01. The van der Waals surface area contributed by atoms with Crippen LogP contribution >= 0.6 is 0 Å². The summed E-state index contributed by atoms with van der Waals surface area (Å²) < 4.78 is 48.4. The van der Waals surface area contributed by atoms with Crippen LogP contribution < -0.4 is 16.0 Å². The molecule has 6 fully saturated rings. The number of carbonyl (C=O) groups is 12. The van der Waals surface area contributed by atoms with E-state index in [4.69, 9.17) is 4.74 Å². The van der Waals surface area contributed by atoms with Crippen LogP contribution in [0.15, 0.2) is 12.2 Å². The second-order valence-corrected chi connectivity index (χ2v) is 34.7.